The molecule has 0 fully saturated rings. The summed E-state index contributed by atoms with van der Waals surface area (Å²) < 4.78 is 0. The summed E-state index contributed by atoms with van der Waals surface area (Å²) in [7, 11) is 2.10. The Hall–Kier alpha value is -1.51. The van der Waals surface area contributed by atoms with E-state index in [2.05, 4.69) is 61.4 Å². The van der Waals surface area contributed by atoms with Crippen molar-refractivity contribution in [2.75, 3.05) is 18.5 Å². The third-order valence-electron chi connectivity index (χ3n) is 3.86. The SMILES string of the molecule is CCNCc1ccc(N(C)C(C)c2ccccc2Cl)cc1. The van der Waals surface area contributed by atoms with Gasteiger partial charge in [0.2, 0.25) is 0 Å². The largest absolute Gasteiger partial charge is 0.368 e. The Bertz CT molecular complexity index is 566. The average molecular weight is 303 g/mol. The zero-order chi connectivity index (χ0) is 15.2. The maximum atomic E-state index is 6.30. The highest BCUT2D eigenvalue weighted by atomic mass is 35.5. The van der Waals surface area contributed by atoms with Gasteiger partial charge in [0.15, 0.2) is 0 Å². The van der Waals surface area contributed by atoms with E-state index in [9.17, 15) is 0 Å². The fourth-order valence-electron chi connectivity index (χ4n) is 2.36. The van der Waals surface area contributed by atoms with E-state index >= 15 is 0 Å². The van der Waals surface area contributed by atoms with Crippen molar-refractivity contribution in [2.24, 2.45) is 0 Å². The Balaban J connectivity index is 2.12. The minimum atomic E-state index is 0.235. The molecule has 2 aromatic rings. The van der Waals surface area contributed by atoms with E-state index in [1.807, 2.05) is 18.2 Å². The maximum absolute atomic E-state index is 6.30. The highest BCUT2D eigenvalue weighted by Gasteiger charge is 2.14. The topological polar surface area (TPSA) is 15.3 Å². The molecule has 0 aliphatic carbocycles. The van der Waals surface area contributed by atoms with Gasteiger partial charge in [-0.1, -0.05) is 48.9 Å². The quantitative estimate of drug-likeness (QED) is 0.836. The van der Waals surface area contributed by atoms with Crippen LogP contribution in [0.15, 0.2) is 48.5 Å². The van der Waals surface area contributed by atoms with Gasteiger partial charge < -0.3 is 10.2 Å². The Morgan fingerprint density at radius 3 is 2.38 bits per heavy atom. The molecule has 112 valence electrons. The third kappa shape index (κ3) is 3.99. The summed E-state index contributed by atoms with van der Waals surface area (Å²) in [6.07, 6.45) is 0. The Kier molecular flexibility index (Phi) is 5.66. The summed E-state index contributed by atoms with van der Waals surface area (Å²) in [4.78, 5) is 2.25. The summed E-state index contributed by atoms with van der Waals surface area (Å²) in [5.41, 5.74) is 3.65. The first kappa shape index (κ1) is 15.9. The third-order valence-corrected chi connectivity index (χ3v) is 4.20. The zero-order valence-electron chi connectivity index (χ0n) is 12.9. The van der Waals surface area contributed by atoms with Gasteiger partial charge in [-0.15, -0.1) is 0 Å². The van der Waals surface area contributed by atoms with Gasteiger partial charge in [0, 0.05) is 24.3 Å². The first-order chi connectivity index (χ1) is 10.1. The molecule has 21 heavy (non-hydrogen) atoms. The van der Waals surface area contributed by atoms with Crippen LogP contribution in [0.25, 0.3) is 0 Å². The summed E-state index contributed by atoms with van der Waals surface area (Å²) in [5.74, 6) is 0. The van der Waals surface area contributed by atoms with Crippen molar-refractivity contribution in [3.63, 3.8) is 0 Å². The first-order valence-corrected chi connectivity index (χ1v) is 7.78. The second-order valence-corrected chi connectivity index (χ2v) is 5.66. The molecule has 1 unspecified atom stereocenters. The van der Waals surface area contributed by atoms with Gasteiger partial charge in [0.1, 0.15) is 0 Å². The van der Waals surface area contributed by atoms with Crippen molar-refractivity contribution in [1.82, 2.24) is 5.32 Å². The van der Waals surface area contributed by atoms with Gasteiger partial charge in [-0.05, 0) is 42.8 Å². The van der Waals surface area contributed by atoms with Crippen LogP contribution >= 0.6 is 11.6 Å². The lowest BCUT2D eigenvalue weighted by molar-refractivity contribution is 0.724. The van der Waals surface area contributed by atoms with E-state index < -0.39 is 0 Å². The number of hydrogen-bond acceptors (Lipinski definition) is 2. The van der Waals surface area contributed by atoms with Crippen molar-refractivity contribution in [2.45, 2.75) is 26.4 Å². The number of rotatable bonds is 6. The second kappa shape index (κ2) is 7.48. The van der Waals surface area contributed by atoms with Crippen LogP contribution in [0.4, 0.5) is 5.69 Å². The molecule has 0 spiro atoms. The molecule has 0 aliphatic rings. The van der Waals surface area contributed by atoms with Crippen molar-refractivity contribution in [3.05, 3.63) is 64.7 Å². The predicted octanol–water partition coefficient (Wildman–Crippen LogP) is 4.65. The molecular formula is C18H23ClN2. The number of anilines is 1. The number of halogens is 1. The molecule has 1 atom stereocenters. The van der Waals surface area contributed by atoms with Crippen LogP contribution in [0.5, 0.6) is 0 Å². The summed E-state index contributed by atoms with van der Waals surface area (Å²) in [6.45, 7) is 6.20. The lowest BCUT2D eigenvalue weighted by atomic mass is 10.1. The van der Waals surface area contributed by atoms with Crippen LogP contribution in [0, 0.1) is 0 Å². The lowest BCUT2D eigenvalue weighted by Gasteiger charge is -2.28. The van der Waals surface area contributed by atoms with Crippen molar-refractivity contribution < 1.29 is 0 Å². The number of nitrogens with zero attached hydrogens (tertiary/aromatic N) is 1. The fourth-order valence-corrected chi connectivity index (χ4v) is 2.66. The first-order valence-electron chi connectivity index (χ1n) is 7.40. The van der Waals surface area contributed by atoms with Crippen molar-refractivity contribution in [3.8, 4) is 0 Å². The number of nitrogens with one attached hydrogen (secondary N) is 1. The molecule has 2 aromatic carbocycles. The van der Waals surface area contributed by atoms with Gasteiger partial charge in [-0.3, -0.25) is 0 Å². The zero-order valence-corrected chi connectivity index (χ0v) is 13.7. The van der Waals surface area contributed by atoms with Gasteiger partial charge in [-0.25, -0.2) is 0 Å². The highest BCUT2D eigenvalue weighted by Crippen LogP contribution is 2.29. The number of benzene rings is 2. The van der Waals surface area contributed by atoms with Crippen LogP contribution in [0.3, 0.4) is 0 Å². The minimum absolute atomic E-state index is 0.235. The van der Waals surface area contributed by atoms with E-state index in [4.69, 9.17) is 11.6 Å². The van der Waals surface area contributed by atoms with Crippen LogP contribution in [-0.2, 0) is 6.54 Å². The molecule has 0 bridgehead atoms. The van der Waals surface area contributed by atoms with E-state index in [0.29, 0.717) is 0 Å². The summed E-state index contributed by atoms with van der Waals surface area (Å²) in [6, 6.07) is 16.9. The van der Waals surface area contributed by atoms with E-state index in [-0.39, 0.29) is 6.04 Å². The predicted molar refractivity (Wildman–Crippen MR) is 92.1 cm³/mol. The minimum Gasteiger partial charge on any atom is -0.368 e. The maximum Gasteiger partial charge on any atom is 0.0525 e. The Labute approximate surface area is 132 Å². The smallest absolute Gasteiger partial charge is 0.0525 e. The van der Waals surface area contributed by atoms with E-state index in [1.165, 1.54) is 11.3 Å². The second-order valence-electron chi connectivity index (χ2n) is 5.26. The molecule has 0 radical (unpaired) electrons. The summed E-state index contributed by atoms with van der Waals surface area (Å²) in [5, 5.41) is 4.16. The molecule has 0 aromatic heterocycles. The van der Waals surface area contributed by atoms with E-state index in [0.717, 1.165) is 23.7 Å². The normalized spacial score (nSPS) is 12.2. The van der Waals surface area contributed by atoms with Crippen molar-refractivity contribution in [1.29, 1.82) is 0 Å². The Morgan fingerprint density at radius 1 is 1.10 bits per heavy atom. The molecule has 3 heteroatoms. The molecule has 2 nitrogen and oxygen atoms in total. The molecule has 0 aliphatic heterocycles. The number of hydrogen-bond donors (Lipinski definition) is 1. The van der Waals surface area contributed by atoms with Crippen LogP contribution in [0.1, 0.15) is 31.0 Å². The molecule has 0 amide bonds. The molecule has 0 saturated heterocycles. The Morgan fingerprint density at radius 2 is 1.76 bits per heavy atom. The van der Waals surface area contributed by atoms with Crippen LogP contribution < -0.4 is 10.2 Å². The summed E-state index contributed by atoms with van der Waals surface area (Å²) >= 11 is 6.30. The molecule has 0 saturated carbocycles. The fraction of sp³-hybridized carbons (Fsp3) is 0.333. The lowest BCUT2D eigenvalue weighted by Crippen LogP contribution is -2.22. The molecule has 2 rings (SSSR count). The van der Waals surface area contributed by atoms with Crippen LogP contribution in [-0.4, -0.2) is 13.6 Å². The molecular weight excluding hydrogens is 280 g/mol. The van der Waals surface area contributed by atoms with E-state index in [1.54, 1.807) is 0 Å². The van der Waals surface area contributed by atoms with Crippen molar-refractivity contribution >= 4 is 17.3 Å². The molecule has 0 heterocycles. The monoisotopic (exact) mass is 302 g/mol. The van der Waals surface area contributed by atoms with Gasteiger partial charge in [0.05, 0.1) is 6.04 Å². The molecule has 1 N–H and O–H groups in total. The standard InChI is InChI=1S/C18H23ClN2/c1-4-20-13-15-9-11-16(12-10-15)21(3)14(2)17-7-5-6-8-18(17)19/h5-12,14,20H,4,13H2,1-3H3. The van der Waals surface area contributed by atoms with Gasteiger partial charge in [0.25, 0.3) is 0 Å². The average Bonchev–Trinajstić information content (AvgIpc) is 2.52. The highest BCUT2D eigenvalue weighted by molar-refractivity contribution is 6.31. The van der Waals surface area contributed by atoms with Gasteiger partial charge in [-0.2, -0.15) is 0 Å². The van der Waals surface area contributed by atoms with Gasteiger partial charge >= 0.3 is 0 Å². The van der Waals surface area contributed by atoms with Crippen LogP contribution in [0.2, 0.25) is 5.02 Å².